The molecule has 0 unspecified atom stereocenters. The Morgan fingerprint density at radius 1 is 1.27 bits per heavy atom. The van der Waals surface area contributed by atoms with Crippen LogP contribution in [0.1, 0.15) is 63.7 Å². The number of carboxylic acid groups (broad SMARTS) is 1. The summed E-state index contributed by atoms with van der Waals surface area (Å²) in [4.78, 5) is 20.2. The minimum Gasteiger partial charge on any atom is -0.476 e. The molecule has 0 saturated heterocycles. The molecule has 1 aliphatic heterocycles. The second-order valence-corrected chi connectivity index (χ2v) is 7.64. The Morgan fingerprint density at radius 3 is 2.70 bits per heavy atom. The minimum absolute atomic E-state index is 0.0252. The van der Waals surface area contributed by atoms with Gasteiger partial charge in [-0.2, -0.15) is 13.2 Å². The van der Waals surface area contributed by atoms with Crippen molar-refractivity contribution in [1.82, 2.24) is 9.97 Å². The van der Waals surface area contributed by atoms with E-state index in [1.165, 1.54) is 0 Å². The fourth-order valence-corrected chi connectivity index (χ4v) is 3.77. The average molecular weight is 418 g/mol. The fraction of sp³-hybridized carbons (Fsp3) is 0.409. The van der Waals surface area contributed by atoms with E-state index < -0.39 is 18.6 Å². The summed E-state index contributed by atoms with van der Waals surface area (Å²) in [7, 11) is 0. The Kier molecular flexibility index (Phi) is 5.60. The molecule has 1 aromatic heterocycles. The van der Waals surface area contributed by atoms with E-state index in [0.29, 0.717) is 36.5 Å². The van der Waals surface area contributed by atoms with Crippen molar-refractivity contribution in [2.24, 2.45) is 0 Å². The summed E-state index contributed by atoms with van der Waals surface area (Å²) in [5, 5.41) is 9.58. The highest BCUT2D eigenvalue weighted by atomic mass is 19.4. The van der Waals surface area contributed by atoms with E-state index in [2.05, 4.69) is 9.97 Å². The number of hydrogen-bond donors (Lipinski definition) is 1. The van der Waals surface area contributed by atoms with Crippen LogP contribution >= 0.6 is 0 Å². The highest BCUT2D eigenvalue weighted by Gasteiger charge is 2.32. The molecule has 0 radical (unpaired) electrons. The van der Waals surface area contributed by atoms with Gasteiger partial charge < -0.3 is 9.84 Å². The Balaban J connectivity index is 1.75. The topological polar surface area (TPSA) is 72.3 Å². The van der Waals surface area contributed by atoms with Crippen molar-refractivity contribution in [2.75, 3.05) is 13.2 Å². The standard InChI is InChI=1S/C22H21F3N2O3/c23-22(24,25)11-17-15(2-1-3-16(17)13-6-8-30-9-7-13)10-18-20(21(28)29)27-19(12-26-18)14-4-5-14/h1-3,6,12,14H,4-5,7-11H2,(H,28,29). The molecule has 1 aromatic carbocycles. The van der Waals surface area contributed by atoms with Crippen molar-refractivity contribution >= 4 is 11.5 Å². The van der Waals surface area contributed by atoms with Gasteiger partial charge in [-0.05, 0) is 41.5 Å². The third-order valence-corrected chi connectivity index (χ3v) is 5.38. The Bertz CT molecular complexity index is 998. The summed E-state index contributed by atoms with van der Waals surface area (Å²) in [5.74, 6) is -0.991. The van der Waals surface area contributed by atoms with Gasteiger partial charge in [-0.1, -0.05) is 24.3 Å². The molecule has 0 spiro atoms. The molecule has 5 nitrogen and oxygen atoms in total. The predicted molar refractivity (Wildman–Crippen MR) is 103 cm³/mol. The molecule has 1 fully saturated rings. The number of halogens is 3. The largest absolute Gasteiger partial charge is 0.476 e. The number of benzene rings is 1. The van der Waals surface area contributed by atoms with Crippen molar-refractivity contribution < 1.29 is 27.8 Å². The molecule has 1 N–H and O–H groups in total. The first kappa shape index (κ1) is 20.5. The molecule has 2 heterocycles. The third kappa shape index (κ3) is 4.70. The van der Waals surface area contributed by atoms with E-state index in [0.717, 1.165) is 18.4 Å². The molecule has 1 aliphatic carbocycles. The first-order valence-electron chi connectivity index (χ1n) is 9.85. The molecule has 2 aliphatic rings. The first-order valence-corrected chi connectivity index (χ1v) is 9.85. The van der Waals surface area contributed by atoms with Crippen LogP contribution in [0.15, 0.2) is 30.5 Å². The second-order valence-electron chi connectivity index (χ2n) is 7.64. The second kappa shape index (κ2) is 8.18. The number of carbonyl (C=O) groups is 1. The lowest BCUT2D eigenvalue weighted by Gasteiger charge is -2.21. The molecular formula is C22H21F3N2O3. The smallest absolute Gasteiger partial charge is 0.393 e. The number of aromatic carboxylic acids is 1. The van der Waals surface area contributed by atoms with Crippen molar-refractivity contribution in [3.63, 3.8) is 0 Å². The van der Waals surface area contributed by atoms with Crippen LogP contribution in [-0.2, 0) is 17.6 Å². The highest BCUT2D eigenvalue weighted by molar-refractivity contribution is 5.86. The van der Waals surface area contributed by atoms with Gasteiger partial charge in [0, 0.05) is 18.5 Å². The van der Waals surface area contributed by atoms with Gasteiger partial charge in [0.15, 0.2) is 5.69 Å². The maximum atomic E-state index is 13.4. The van der Waals surface area contributed by atoms with E-state index >= 15 is 0 Å². The summed E-state index contributed by atoms with van der Waals surface area (Å²) in [6.07, 6.45) is 0.268. The van der Waals surface area contributed by atoms with Crippen LogP contribution in [0.5, 0.6) is 0 Å². The maximum absolute atomic E-state index is 13.4. The lowest BCUT2D eigenvalue weighted by molar-refractivity contribution is -0.127. The zero-order valence-electron chi connectivity index (χ0n) is 16.2. The zero-order valence-corrected chi connectivity index (χ0v) is 16.2. The van der Waals surface area contributed by atoms with Crippen LogP contribution in [0.25, 0.3) is 5.57 Å². The van der Waals surface area contributed by atoms with Gasteiger partial charge in [0.05, 0.1) is 31.0 Å². The summed E-state index contributed by atoms with van der Waals surface area (Å²) in [6.45, 7) is 0.821. The van der Waals surface area contributed by atoms with Crippen LogP contribution in [0.2, 0.25) is 0 Å². The van der Waals surface area contributed by atoms with Crippen molar-refractivity contribution in [2.45, 2.75) is 44.2 Å². The molecule has 0 amide bonds. The number of rotatable bonds is 6. The minimum atomic E-state index is -4.40. The molecule has 0 atom stereocenters. The molecule has 1 saturated carbocycles. The van der Waals surface area contributed by atoms with Crippen molar-refractivity contribution in [1.29, 1.82) is 0 Å². The van der Waals surface area contributed by atoms with Gasteiger partial charge in [-0.3, -0.25) is 4.98 Å². The number of carboxylic acids is 1. The summed E-state index contributed by atoms with van der Waals surface area (Å²) in [6, 6.07) is 4.99. The summed E-state index contributed by atoms with van der Waals surface area (Å²) < 4.78 is 45.5. The Morgan fingerprint density at radius 2 is 2.07 bits per heavy atom. The molecule has 0 bridgehead atoms. The van der Waals surface area contributed by atoms with Gasteiger partial charge in [-0.25, -0.2) is 9.78 Å². The van der Waals surface area contributed by atoms with Gasteiger partial charge in [0.2, 0.25) is 0 Å². The summed E-state index contributed by atoms with van der Waals surface area (Å²) in [5.41, 5.74) is 2.54. The zero-order chi connectivity index (χ0) is 21.3. The Hall–Kier alpha value is -2.74. The van der Waals surface area contributed by atoms with E-state index in [-0.39, 0.29) is 29.3 Å². The van der Waals surface area contributed by atoms with E-state index in [4.69, 9.17) is 4.74 Å². The monoisotopic (exact) mass is 418 g/mol. The quantitative estimate of drug-likeness (QED) is 0.745. The SMILES string of the molecule is O=C(O)c1nc(C2CC2)cnc1Cc1cccc(C2=CCOCC2)c1CC(F)(F)F. The van der Waals surface area contributed by atoms with E-state index in [9.17, 15) is 23.1 Å². The maximum Gasteiger partial charge on any atom is 0.393 e. The van der Waals surface area contributed by atoms with Gasteiger partial charge in [0.1, 0.15) is 0 Å². The molecule has 158 valence electrons. The number of aromatic nitrogens is 2. The molecule has 4 rings (SSSR count). The third-order valence-electron chi connectivity index (χ3n) is 5.38. The number of ether oxygens (including phenoxy) is 1. The lowest BCUT2D eigenvalue weighted by atomic mass is 9.89. The molecular weight excluding hydrogens is 397 g/mol. The van der Waals surface area contributed by atoms with Crippen LogP contribution in [0.4, 0.5) is 13.2 Å². The summed E-state index contributed by atoms with van der Waals surface area (Å²) >= 11 is 0. The van der Waals surface area contributed by atoms with Crippen LogP contribution < -0.4 is 0 Å². The molecule has 8 heteroatoms. The number of nitrogens with zero attached hydrogens (tertiary/aromatic N) is 2. The highest BCUT2D eigenvalue weighted by Crippen LogP contribution is 2.39. The first-order chi connectivity index (χ1) is 14.3. The number of hydrogen-bond acceptors (Lipinski definition) is 4. The van der Waals surface area contributed by atoms with E-state index in [1.54, 1.807) is 30.5 Å². The number of alkyl halides is 3. The molecule has 2 aromatic rings. The van der Waals surface area contributed by atoms with Gasteiger partial charge in [-0.15, -0.1) is 0 Å². The van der Waals surface area contributed by atoms with Crippen molar-refractivity contribution in [3.05, 3.63) is 64.2 Å². The van der Waals surface area contributed by atoms with Crippen molar-refractivity contribution in [3.8, 4) is 0 Å². The van der Waals surface area contributed by atoms with E-state index in [1.807, 2.05) is 0 Å². The van der Waals surface area contributed by atoms with Crippen LogP contribution in [0, 0.1) is 0 Å². The predicted octanol–water partition coefficient (Wildman–Crippen LogP) is 4.55. The van der Waals surface area contributed by atoms with Gasteiger partial charge >= 0.3 is 12.1 Å². The van der Waals surface area contributed by atoms with Crippen LogP contribution in [-0.4, -0.2) is 40.4 Å². The fourth-order valence-electron chi connectivity index (χ4n) is 3.77. The van der Waals surface area contributed by atoms with Crippen LogP contribution in [0.3, 0.4) is 0 Å². The average Bonchev–Trinajstić information content (AvgIpc) is 3.54. The lowest BCUT2D eigenvalue weighted by Crippen LogP contribution is -2.17. The Labute approximate surface area is 171 Å². The normalized spacial score (nSPS) is 17.0. The molecule has 30 heavy (non-hydrogen) atoms. The van der Waals surface area contributed by atoms with Gasteiger partial charge in [0.25, 0.3) is 0 Å².